The minimum Gasteiger partial charge on any atom is -0.487 e. The van der Waals surface area contributed by atoms with Crippen LogP contribution in [0, 0.1) is 17.1 Å². The monoisotopic (exact) mass is 256 g/mol. The van der Waals surface area contributed by atoms with Crippen molar-refractivity contribution in [1.82, 2.24) is 4.98 Å². The van der Waals surface area contributed by atoms with Gasteiger partial charge in [0.2, 0.25) is 0 Å². The summed E-state index contributed by atoms with van der Waals surface area (Å²) in [6, 6.07) is 9.12. The standard InChI is InChI=1S/C14H9FN2O2/c15-14-4-1-10(5-11(14)6-16)9-19-13-3-2-12(8-18)17-7-13/h1-5,7-8H,9H2. The van der Waals surface area contributed by atoms with Crippen LogP contribution < -0.4 is 4.74 Å². The van der Waals surface area contributed by atoms with E-state index < -0.39 is 5.82 Å². The van der Waals surface area contributed by atoms with Crippen molar-refractivity contribution >= 4 is 6.29 Å². The number of hydrogen-bond donors (Lipinski definition) is 0. The summed E-state index contributed by atoms with van der Waals surface area (Å²) in [5.74, 6) is -0.0586. The Labute approximate surface area is 109 Å². The van der Waals surface area contributed by atoms with Gasteiger partial charge in [-0.3, -0.25) is 4.79 Å². The first-order valence-electron chi connectivity index (χ1n) is 5.45. The molecule has 0 aliphatic rings. The molecule has 0 N–H and O–H groups in total. The highest BCUT2D eigenvalue weighted by Crippen LogP contribution is 2.14. The predicted molar refractivity (Wildman–Crippen MR) is 65.1 cm³/mol. The highest BCUT2D eigenvalue weighted by Gasteiger charge is 2.03. The van der Waals surface area contributed by atoms with Gasteiger partial charge >= 0.3 is 0 Å². The molecule has 0 saturated heterocycles. The normalized spacial score (nSPS) is 9.68. The molecule has 1 aromatic heterocycles. The highest BCUT2D eigenvalue weighted by molar-refractivity contribution is 5.71. The quantitative estimate of drug-likeness (QED) is 0.788. The van der Waals surface area contributed by atoms with E-state index in [-0.39, 0.29) is 12.2 Å². The van der Waals surface area contributed by atoms with Gasteiger partial charge in [-0.2, -0.15) is 5.26 Å². The van der Waals surface area contributed by atoms with Crippen molar-refractivity contribution in [3.63, 3.8) is 0 Å². The van der Waals surface area contributed by atoms with Crippen LogP contribution in [0.15, 0.2) is 36.5 Å². The number of nitriles is 1. The van der Waals surface area contributed by atoms with Gasteiger partial charge < -0.3 is 4.74 Å². The van der Waals surface area contributed by atoms with Gasteiger partial charge in [-0.05, 0) is 29.8 Å². The fourth-order valence-corrected chi connectivity index (χ4v) is 1.46. The number of aldehydes is 1. The Bertz CT molecular complexity index is 633. The maximum absolute atomic E-state index is 13.1. The summed E-state index contributed by atoms with van der Waals surface area (Å²) in [5, 5.41) is 8.71. The molecule has 94 valence electrons. The van der Waals surface area contributed by atoms with E-state index in [1.54, 1.807) is 18.2 Å². The van der Waals surface area contributed by atoms with Gasteiger partial charge in [0.1, 0.15) is 29.9 Å². The highest BCUT2D eigenvalue weighted by atomic mass is 19.1. The van der Waals surface area contributed by atoms with Crippen molar-refractivity contribution in [1.29, 1.82) is 5.26 Å². The lowest BCUT2D eigenvalue weighted by Crippen LogP contribution is -1.98. The molecule has 0 amide bonds. The van der Waals surface area contributed by atoms with Gasteiger partial charge in [0, 0.05) is 0 Å². The topological polar surface area (TPSA) is 63.0 Å². The molecule has 0 atom stereocenters. The summed E-state index contributed by atoms with van der Waals surface area (Å²) < 4.78 is 18.5. The first-order valence-corrected chi connectivity index (χ1v) is 5.45. The molecular weight excluding hydrogens is 247 g/mol. The number of aromatic nitrogens is 1. The molecule has 1 heterocycles. The molecule has 0 bridgehead atoms. The first-order chi connectivity index (χ1) is 9.22. The van der Waals surface area contributed by atoms with Crippen molar-refractivity contribution in [2.45, 2.75) is 6.61 Å². The largest absolute Gasteiger partial charge is 0.487 e. The minimum atomic E-state index is -0.553. The zero-order valence-corrected chi connectivity index (χ0v) is 9.84. The Morgan fingerprint density at radius 3 is 2.84 bits per heavy atom. The molecule has 19 heavy (non-hydrogen) atoms. The van der Waals surface area contributed by atoms with Crippen LogP contribution in [0.5, 0.6) is 5.75 Å². The van der Waals surface area contributed by atoms with Crippen LogP contribution in [0.2, 0.25) is 0 Å². The van der Waals surface area contributed by atoms with E-state index in [0.717, 1.165) is 0 Å². The molecule has 0 unspecified atom stereocenters. The smallest absolute Gasteiger partial charge is 0.168 e. The van der Waals surface area contributed by atoms with Crippen molar-refractivity contribution in [3.8, 4) is 11.8 Å². The van der Waals surface area contributed by atoms with Gasteiger partial charge in [-0.25, -0.2) is 9.37 Å². The van der Waals surface area contributed by atoms with Gasteiger partial charge in [0.25, 0.3) is 0 Å². The number of ether oxygens (including phenoxy) is 1. The van der Waals surface area contributed by atoms with Gasteiger partial charge in [-0.15, -0.1) is 0 Å². The van der Waals surface area contributed by atoms with Crippen LogP contribution in [-0.2, 0) is 6.61 Å². The zero-order chi connectivity index (χ0) is 13.7. The number of carbonyl (C=O) groups is 1. The van der Waals surface area contributed by atoms with E-state index >= 15 is 0 Å². The molecule has 0 fully saturated rings. The number of carbonyl (C=O) groups excluding carboxylic acids is 1. The summed E-state index contributed by atoms with van der Waals surface area (Å²) in [5.41, 5.74) is 0.980. The molecular formula is C14H9FN2O2. The third-order valence-electron chi connectivity index (χ3n) is 2.44. The Morgan fingerprint density at radius 2 is 2.21 bits per heavy atom. The zero-order valence-electron chi connectivity index (χ0n) is 9.84. The number of benzene rings is 1. The third-order valence-corrected chi connectivity index (χ3v) is 2.44. The number of hydrogen-bond acceptors (Lipinski definition) is 4. The maximum Gasteiger partial charge on any atom is 0.168 e. The summed E-state index contributed by atoms with van der Waals surface area (Å²) >= 11 is 0. The van der Waals surface area contributed by atoms with Crippen LogP contribution in [0.3, 0.4) is 0 Å². The second kappa shape index (κ2) is 5.74. The summed E-state index contributed by atoms with van der Waals surface area (Å²) in [6.07, 6.45) is 2.07. The maximum atomic E-state index is 13.1. The lowest BCUT2D eigenvalue weighted by molar-refractivity contribution is 0.111. The average molecular weight is 256 g/mol. The Kier molecular flexibility index (Phi) is 3.84. The minimum absolute atomic E-state index is 0.0180. The Balaban J connectivity index is 2.05. The number of pyridine rings is 1. The van der Waals surface area contributed by atoms with Crippen LogP contribution in [0.4, 0.5) is 4.39 Å². The van der Waals surface area contributed by atoms with Crippen molar-refractivity contribution in [3.05, 3.63) is 59.2 Å². The fourth-order valence-electron chi connectivity index (χ4n) is 1.46. The SMILES string of the molecule is N#Cc1cc(COc2ccc(C=O)nc2)ccc1F. The lowest BCUT2D eigenvalue weighted by atomic mass is 10.1. The molecule has 0 aliphatic carbocycles. The molecule has 0 saturated carbocycles. The molecule has 2 rings (SSSR count). The molecule has 4 nitrogen and oxygen atoms in total. The van der Waals surface area contributed by atoms with E-state index in [2.05, 4.69) is 4.98 Å². The van der Waals surface area contributed by atoms with E-state index in [4.69, 9.17) is 10.00 Å². The Hall–Kier alpha value is -2.74. The second-order valence-electron chi connectivity index (χ2n) is 3.75. The van der Waals surface area contributed by atoms with Crippen LogP contribution in [0.1, 0.15) is 21.6 Å². The lowest BCUT2D eigenvalue weighted by Gasteiger charge is -2.06. The molecule has 0 radical (unpaired) electrons. The number of rotatable bonds is 4. The molecule has 2 aromatic rings. The van der Waals surface area contributed by atoms with Crippen molar-refractivity contribution in [2.24, 2.45) is 0 Å². The van der Waals surface area contributed by atoms with E-state index in [1.807, 2.05) is 0 Å². The van der Waals surface area contributed by atoms with Gasteiger partial charge in [-0.1, -0.05) is 6.07 Å². The van der Waals surface area contributed by atoms with Gasteiger partial charge in [0.05, 0.1) is 11.8 Å². The van der Waals surface area contributed by atoms with Crippen molar-refractivity contribution < 1.29 is 13.9 Å². The van der Waals surface area contributed by atoms with Crippen molar-refractivity contribution in [2.75, 3.05) is 0 Å². The fraction of sp³-hybridized carbons (Fsp3) is 0.0714. The van der Waals surface area contributed by atoms with Crippen LogP contribution >= 0.6 is 0 Å². The first kappa shape index (κ1) is 12.7. The van der Waals surface area contributed by atoms with E-state index in [1.165, 1.54) is 24.4 Å². The van der Waals surface area contributed by atoms with E-state index in [9.17, 15) is 9.18 Å². The van der Waals surface area contributed by atoms with E-state index in [0.29, 0.717) is 23.3 Å². The molecule has 0 spiro atoms. The summed E-state index contributed by atoms with van der Waals surface area (Å²) in [4.78, 5) is 14.3. The molecule has 5 heteroatoms. The van der Waals surface area contributed by atoms with Crippen LogP contribution in [-0.4, -0.2) is 11.3 Å². The number of halogens is 1. The predicted octanol–water partition coefficient (Wildman–Crippen LogP) is 2.48. The van der Waals surface area contributed by atoms with Gasteiger partial charge in [0.15, 0.2) is 6.29 Å². The second-order valence-corrected chi connectivity index (χ2v) is 3.75. The third kappa shape index (κ3) is 3.13. The van der Waals surface area contributed by atoms with Crippen LogP contribution in [0.25, 0.3) is 0 Å². The summed E-state index contributed by atoms with van der Waals surface area (Å²) in [7, 11) is 0. The molecule has 0 aliphatic heterocycles. The number of nitrogens with zero attached hydrogens (tertiary/aromatic N) is 2. The summed E-state index contributed by atoms with van der Waals surface area (Å²) in [6.45, 7) is 0.192. The molecule has 1 aromatic carbocycles. The Morgan fingerprint density at radius 1 is 1.37 bits per heavy atom. The average Bonchev–Trinajstić information content (AvgIpc) is 2.47.